The third-order valence-electron chi connectivity index (χ3n) is 9.15. The van der Waals surface area contributed by atoms with Crippen molar-refractivity contribution in [3.8, 4) is 5.00 Å². The van der Waals surface area contributed by atoms with Crippen molar-refractivity contribution in [2.75, 3.05) is 36.9 Å². The van der Waals surface area contributed by atoms with Crippen LogP contribution in [0.5, 0.6) is 0 Å². The number of nitrogens with zero attached hydrogens (tertiary/aromatic N) is 5. The van der Waals surface area contributed by atoms with E-state index in [9.17, 15) is 19.2 Å². The van der Waals surface area contributed by atoms with E-state index < -0.39 is 6.04 Å². The SMILES string of the molecule is Cc1nc(NC(=O)c2ccccc2NC(=O)CCOCCC(=O)NCCNC(=O)C[C@@H]2N=C(c3ccc(Cl)cc3)c3c(sc(C)c3C)-n3c(C)nnc32)sc1C. The van der Waals surface area contributed by atoms with Crippen molar-refractivity contribution >= 4 is 74.4 Å². The van der Waals surface area contributed by atoms with Crippen LogP contribution in [-0.4, -0.2) is 75.4 Å². The van der Waals surface area contributed by atoms with Crippen LogP contribution >= 0.6 is 34.3 Å². The molecule has 0 unspecified atom stereocenters. The molecule has 0 bridgehead atoms. The van der Waals surface area contributed by atoms with E-state index in [1.165, 1.54) is 11.3 Å². The van der Waals surface area contributed by atoms with Crippen molar-refractivity contribution in [2.45, 2.75) is 59.9 Å². The van der Waals surface area contributed by atoms with Crippen molar-refractivity contribution in [1.29, 1.82) is 0 Å². The second kappa shape index (κ2) is 18.1. The number of fused-ring (bicyclic) bond motifs is 3. The Bertz CT molecular complexity index is 2280. The van der Waals surface area contributed by atoms with Crippen LogP contribution in [0, 0.1) is 34.6 Å². The third-order valence-corrected chi connectivity index (χ3v) is 11.6. The number of aliphatic imine (C=N–C) groups is 1. The van der Waals surface area contributed by atoms with Crippen molar-refractivity contribution in [1.82, 2.24) is 30.4 Å². The summed E-state index contributed by atoms with van der Waals surface area (Å²) >= 11 is 9.23. The van der Waals surface area contributed by atoms with E-state index in [2.05, 4.69) is 50.3 Å². The number of hydrogen-bond donors (Lipinski definition) is 4. The Morgan fingerprint density at radius 3 is 2.23 bits per heavy atom. The van der Waals surface area contributed by atoms with Crippen LogP contribution in [0.1, 0.15) is 79.4 Å². The molecule has 0 aliphatic carbocycles. The Morgan fingerprint density at radius 1 is 0.821 bits per heavy atom. The molecule has 6 rings (SSSR count). The summed E-state index contributed by atoms with van der Waals surface area (Å²) in [5.41, 5.74) is 5.26. The van der Waals surface area contributed by atoms with Crippen molar-refractivity contribution in [3.05, 3.63) is 103 Å². The molecule has 0 spiro atoms. The van der Waals surface area contributed by atoms with Crippen molar-refractivity contribution < 1.29 is 23.9 Å². The molecule has 4 N–H and O–H groups in total. The summed E-state index contributed by atoms with van der Waals surface area (Å²) in [6, 6.07) is 13.6. The molecule has 1 aliphatic rings. The second-order valence-corrected chi connectivity index (χ2v) is 16.0. The maximum absolute atomic E-state index is 13.2. The predicted octanol–water partition coefficient (Wildman–Crippen LogP) is 6.18. The lowest BCUT2D eigenvalue weighted by atomic mass is 9.99. The number of para-hydroxylation sites is 1. The Balaban J connectivity index is 0.933. The molecule has 0 fully saturated rings. The lowest BCUT2D eigenvalue weighted by molar-refractivity contribution is -0.123. The third kappa shape index (κ3) is 9.56. The highest BCUT2D eigenvalue weighted by molar-refractivity contribution is 7.16. The van der Waals surface area contributed by atoms with Gasteiger partial charge in [-0.05, 0) is 64.4 Å². The number of amides is 4. The Kier molecular flexibility index (Phi) is 13.1. The van der Waals surface area contributed by atoms with Crippen LogP contribution in [0.25, 0.3) is 5.00 Å². The molecule has 56 heavy (non-hydrogen) atoms. The summed E-state index contributed by atoms with van der Waals surface area (Å²) in [6.45, 7) is 10.5. The summed E-state index contributed by atoms with van der Waals surface area (Å²) in [5.74, 6) is 0.0746. The molecule has 1 aliphatic heterocycles. The lowest BCUT2D eigenvalue weighted by Gasteiger charge is -2.13. The predicted molar refractivity (Wildman–Crippen MR) is 219 cm³/mol. The molecule has 2 aromatic carbocycles. The van der Waals surface area contributed by atoms with Crippen LogP contribution in [0.3, 0.4) is 0 Å². The zero-order chi connectivity index (χ0) is 39.9. The molecule has 5 aromatic rings. The molecule has 292 valence electrons. The molecule has 14 nitrogen and oxygen atoms in total. The molecule has 4 amide bonds. The maximum Gasteiger partial charge on any atom is 0.259 e. The van der Waals surface area contributed by atoms with E-state index in [0.717, 1.165) is 42.9 Å². The fourth-order valence-corrected chi connectivity index (χ4v) is 8.15. The van der Waals surface area contributed by atoms with Crippen molar-refractivity contribution in [2.24, 2.45) is 4.99 Å². The molecule has 1 atom stereocenters. The topological polar surface area (TPSA) is 182 Å². The Hall–Kier alpha value is -5.29. The smallest absolute Gasteiger partial charge is 0.259 e. The van der Waals surface area contributed by atoms with Gasteiger partial charge in [0.25, 0.3) is 5.91 Å². The first-order chi connectivity index (χ1) is 26.9. The fourth-order valence-electron chi connectivity index (χ4n) is 6.00. The molecular formula is C39H42ClN9O5S2. The van der Waals surface area contributed by atoms with Gasteiger partial charge in [0.2, 0.25) is 17.7 Å². The standard InChI is InChI=1S/C39H42ClN9O5S2/c1-21-23(3)55-38-34(21)35(26-10-12-27(40)13-11-26)45-30(36-48-47-25(5)49(36)38)20-33(52)42-17-16-41-31(50)14-18-54-19-15-32(51)44-29-9-7-6-8-28(29)37(53)46-39-43-22(2)24(4)56-39/h6-13,30H,14-20H2,1-5H3,(H,41,50)(H,42,52)(H,44,51)(H,43,46,53)/t30-/m0/s1. The van der Waals surface area contributed by atoms with Gasteiger partial charge in [-0.3, -0.25) is 34.1 Å². The monoisotopic (exact) mass is 815 g/mol. The number of carbonyl (C=O) groups excluding carboxylic acids is 4. The van der Waals surface area contributed by atoms with Crippen LogP contribution in [0.4, 0.5) is 10.8 Å². The number of rotatable bonds is 15. The Morgan fingerprint density at radius 2 is 1.52 bits per heavy atom. The zero-order valence-electron chi connectivity index (χ0n) is 31.6. The summed E-state index contributed by atoms with van der Waals surface area (Å²) in [7, 11) is 0. The summed E-state index contributed by atoms with van der Waals surface area (Å²) < 4.78 is 7.51. The van der Waals surface area contributed by atoms with Gasteiger partial charge in [0, 0.05) is 45.4 Å². The number of carbonyl (C=O) groups is 4. The van der Waals surface area contributed by atoms with Gasteiger partial charge in [0.15, 0.2) is 11.0 Å². The van der Waals surface area contributed by atoms with E-state index in [1.807, 2.05) is 49.6 Å². The Labute approximate surface area is 337 Å². The maximum atomic E-state index is 13.2. The molecule has 3 aromatic heterocycles. The van der Waals surface area contributed by atoms with Crippen LogP contribution in [0.2, 0.25) is 5.02 Å². The zero-order valence-corrected chi connectivity index (χ0v) is 34.0. The van der Waals surface area contributed by atoms with Crippen LogP contribution < -0.4 is 21.3 Å². The van der Waals surface area contributed by atoms with Crippen LogP contribution in [-0.2, 0) is 19.1 Å². The summed E-state index contributed by atoms with van der Waals surface area (Å²) in [5, 5.41) is 22.0. The average molecular weight is 816 g/mol. The number of hydrogen-bond acceptors (Lipinski definition) is 11. The van der Waals surface area contributed by atoms with Gasteiger partial charge >= 0.3 is 0 Å². The van der Waals surface area contributed by atoms with Gasteiger partial charge in [-0.1, -0.05) is 35.9 Å². The molecular weight excluding hydrogens is 774 g/mol. The first kappa shape index (κ1) is 40.4. The van der Waals surface area contributed by atoms with E-state index in [4.69, 9.17) is 21.3 Å². The number of halogens is 1. The van der Waals surface area contributed by atoms with E-state index >= 15 is 0 Å². The molecule has 0 saturated carbocycles. The van der Waals surface area contributed by atoms with Gasteiger partial charge in [-0.25, -0.2) is 4.98 Å². The first-order valence-electron chi connectivity index (χ1n) is 18.0. The minimum Gasteiger partial charge on any atom is -0.380 e. The van der Waals surface area contributed by atoms with E-state index in [1.54, 1.807) is 35.6 Å². The number of nitrogens with one attached hydrogen (secondary N) is 4. The number of aryl methyl sites for hydroxylation is 4. The number of ether oxygens (including phenoxy) is 1. The molecule has 0 radical (unpaired) electrons. The number of anilines is 2. The number of thiophene rings is 1. The molecule has 17 heteroatoms. The molecule has 0 saturated heterocycles. The average Bonchev–Trinajstić information content (AvgIpc) is 3.77. The van der Waals surface area contributed by atoms with Gasteiger partial charge < -0.3 is 20.7 Å². The lowest BCUT2D eigenvalue weighted by Crippen LogP contribution is -2.35. The van der Waals surface area contributed by atoms with Crippen molar-refractivity contribution in [3.63, 3.8) is 0 Å². The quantitative estimate of drug-likeness (QED) is 0.0904. The van der Waals surface area contributed by atoms with Gasteiger partial charge in [-0.15, -0.1) is 32.9 Å². The van der Waals surface area contributed by atoms with Crippen LogP contribution in [0.15, 0.2) is 53.5 Å². The second-order valence-electron chi connectivity index (χ2n) is 13.1. The first-order valence-corrected chi connectivity index (χ1v) is 20.0. The van der Waals surface area contributed by atoms with E-state index in [0.29, 0.717) is 33.1 Å². The summed E-state index contributed by atoms with van der Waals surface area (Å²) in [6.07, 6.45) is 0.142. The highest BCUT2D eigenvalue weighted by atomic mass is 35.5. The number of thiazole rings is 1. The van der Waals surface area contributed by atoms with Gasteiger partial charge in [-0.2, -0.15) is 0 Å². The normalized spacial score (nSPS) is 13.2. The minimum atomic E-state index is -0.605. The highest BCUT2D eigenvalue weighted by Gasteiger charge is 2.32. The summed E-state index contributed by atoms with van der Waals surface area (Å²) in [4.78, 5) is 62.8. The van der Waals surface area contributed by atoms with E-state index in [-0.39, 0.29) is 69.2 Å². The highest BCUT2D eigenvalue weighted by Crippen LogP contribution is 2.39. The fraction of sp³-hybridized carbons (Fsp3) is 0.333. The molecule has 4 heterocycles. The largest absolute Gasteiger partial charge is 0.380 e. The number of benzene rings is 2. The van der Waals surface area contributed by atoms with Gasteiger partial charge in [0.05, 0.1) is 48.7 Å². The minimum absolute atomic E-state index is 0.0302. The van der Waals surface area contributed by atoms with Gasteiger partial charge in [0.1, 0.15) is 16.9 Å². The number of aromatic nitrogens is 4.